The van der Waals surface area contributed by atoms with Crippen molar-refractivity contribution in [3.63, 3.8) is 0 Å². The first kappa shape index (κ1) is 23.1. The fourth-order valence-corrected chi connectivity index (χ4v) is 4.71. The number of amides is 2. The van der Waals surface area contributed by atoms with E-state index in [0.29, 0.717) is 25.5 Å². The maximum atomic E-state index is 13.3. The molecule has 33 heavy (non-hydrogen) atoms. The average Bonchev–Trinajstić information content (AvgIpc) is 3.55. The highest BCUT2D eigenvalue weighted by Crippen LogP contribution is 2.39. The summed E-state index contributed by atoms with van der Waals surface area (Å²) in [6.07, 6.45) is 7.84. The van der Waals surface area contributed by atoms with E-state index >= 15 is 0 Å². The van der Waals surface area contributed by atoms with E-state index in [1.807, 2.05) is 0 Å². The van der Waals surface area contributed by atoms with E-state index in [0.717, 1.165) is 12.8 Å². The lowest BCUT2D eigenvalue weighted by Crippen LogP contribution is -3.00. The molecule has 6 rings (SSSR count). The molecule has 2 amide bonds. The standard InChI is InChI=1S/C22H22N4O6.BrH/c27-20(22(29,16-5-10-30-13-16)17-6-11-31-14-17)32-18-12-26(8-3-15(18)4-9-26)21(28)24-19-2-1-7-23-25-19;/h1-2,5-7,10-11,13-15,18,29H,3-4,8-9,12H2;1H/t15?,18-,26?;/m0./s1. The van der Waals surface area contributed by atoms with Crippen LogP contribution in [-0.2, 0) is 15.1 Å². The molecule has 3 aliphatic rings. The molecular formula is C22H23BrN4O6. The van der Waals surface area contributed by atoms with Gasteiger partial charge in [-0.15, -0.1) is 5.10 Å². The van der Waals surface area contributed by atoms with Crippen molar-refractivity contribution in [3.8, 4) is 0 Å². The second kappa shape index (κ2) is 9.08. The molecule has 3 aromatic rings. The van der Waals surface area contributed by atoms with Gasteiger partial charge in [0.1, 0.15) is 6.54 Å². The fraction of sp³-hybridized carbons (Fsp3) is 0.364. The SMILES string of the molecule is O=C(O[C@H]1C[N+]2(C(=O)Nc3cccnn3)CCC1CC2)C(O)(c1ccoc1)c1ccoc1.[Br-]. The molecular weight excluding hydrogens is 496 g/mol. The zero-order chi connectivity index (χ0) is 22.2. The van der Waals surface area contributed by atoms with Crippen LogP contribution in [0, 0.1) is 5.92 Å². The van der Waals surface area contributed by atoms with E-state index in [4.69, 9.17) is 13.6 Å². The molecule has 0 saturated carbocycles. The Bertz CT molecular complexity index is 1050. The minimum absolute atomic E-state index is 0. The van der Waals surface area contributed by atoms with Gasteiger partial charge in [0, 0.05) is 36.1 Å². The summed E-state index contributed by atoms with van der Waals surface area (Å²) < 4.78 is 16.2. The van der Waals surface area contributed by atoms with Crippen molar-refractivity contribution in [1.82, 2.24) is 10.2 Å². The van der Waals surface area contributed by atoms with Gasteiger partial charge in [-0.05, 0) is 24.3 Å². The highest BCUT2D eigenvalue weighted by atomic mass is 79.9. The summed E-state index contributed by atoms with van der Waals surface area (Å²) in [5.74, 6) is -0.326. The van der Waals surface area contributed by atoms with E-state index < -0.39 is 17.7 Å². The number of anilines is 1. The van der Waals surface area contributed by atoms with Gasteiger partial charge in [-0.25, -0.2) is 14.1 Å². The predicted molar refractivity (Wildman–Crippen MR) is 109 cm³/mol. The quantitative estimate of drug-likeness (QED) is 0.334. The van der Waals surface area contributed by atoms with Gasteiger partial charge in [-0.2, -0.15) is 5.10 Å². The van der Waals surface area contributed by atoms with Crippen molar-refractivity contribution in [3.05, 3.63) is 66.6 Å². The number of ether oxygens (including phenoxy) is 1. The number of quaternary nitrogens is 1. The Labute approximate surface area is 199 Å². The minimum Gasteiger partial charge on any atom is -1.00 e. The first-order chi connectivity index (χ1) is 15.5. The summed E-state index contributed by atoms with van der Waals surface area (Å²) in [5, 5.41) is 21.9. The molecule has 3 aromatic heterocycles. The summed E-state index contributed by atoms with van der Waals surface area (Å²) in [6, 6.07) is 6.18. The van der Waals surface area contributed by atoms with Crippen LogP contribution < -0.4 is 22.3 Å². The Morgan fingerprint density at radius 1 is 1.12 bits per heavy atom. The smallest absolute Gasteiger partial charge is 0.422 e. The van der Waals surface area contributed by atoms with E-state index in [9.17, 15) is 14.7 Å². The monoisotopic (exact) mass is 518 g/mol. The van der Waals surface area contributed by atoms with Gasteiger partial charge in [-0.1, -0.05) is 0 Å². The summed E-state index contributed by atoms with van der Waals surface area (Å²) in [7, 11) is 0. The number of rotatable bonds is 5. The lowest BCUT2D eigenvalue weighted by atomic mass is 9.83. The minimum atomic E-state index is -2.07. The lowest BCUT2D eigenvalue weighted by Gasteiger charge is -2.49. The van der Waals surface area contributed by atoms with Gasteiger partial charge in [0.2, 0.25) is 5.60 Å². The number of nitrogens with zero attached hydrogens (tertiary/aromatic N) is 3. The van der Waals surface area contributed by atoms with E-state index in [1.54, 1.807) is 12.1 Å². The Balaban J connectivity index is 0.00000259. The van der Waals surface area contributed by atoms with Crippen LogP contribution in [0.25, 0.3) is 0 Å². The van der Waals surface area contributed by atoms with Crippen LogP contribution in [0.4, 0.5) is 10.6 Å². The molecule has 3 saturated heterocycles. The molecule has 6 heterocycles. The summed E-state index contributed by atoms with van der Waals surface area (Å²) in [6.45, 7) is 1.63. The van der Waals surface area contributed by atoms with Crippen molar-refractivity contribution in [2.45, 2.75) is 24.5 Å². The van der Waals surface area contributed by atoms with Gasteiger partial charge >= 0.3 is 12.0 Å². The van der Waals surface area contributed by atoms with Gasteiger partial charge in [0.25, 0.3) is 0 Å². The second-order valence-corrected chi connectivity index (χ2v) is 8.33. The van der Waals surface area contributed by atoms with Gasteiger partial charge in [0.15, 0.2) is 11.9 Å². The van der Waals surface area contributed by atoms with Gasteiger partial charge in [-0.3, -0.25) is 5.32 Å². The number of furan rings is 2. The summed E-state index contributed by atoms with van der Waals surface area (Å²) in [4.78, 5) is 26.4. The van der Waals surface area contributed by atoms with E-state index in [1.165, 1.54) is 43.4 Å². The number of halogens is 1. The topological polar surface area (TPSA) is 128 Å². The molecule has 0 radical (unpaired) electrons. The average molecular weight is 519 g/mol. The van der Waals surface area contributed by atoms with Crippen molar-refractivity contribution in [1.29, 1.82) is 0 Å². The van der Waals surface area contributed by atoms with Crippen molar-refractivity contribution < 1.29 is 49.7 Å². The highest BCUT2D eigenvalue weighted by Gasteiger charge is 2.54. The molecule has 0 aliphatic carbocycles. The van der Waals surface area contributed by atoms with Crippen LogP contribution in [0.2, 0.25) is 0 Å². The molecule has 174 valence electrons. The number of aromatic nitrogens is 2. The van der Waals surface area contributed by atoms with Crippen LogP contribution in [0.5, 0.6) is 0 Å². The van der Waals surface area contributed by atoms with Crippen LogP contribution >= 0.6 is 0 Å². The fourth-order valence-electron chi connectivity index (χ4n) is 4.71. The largest absolute Gasteiger partial charge is 1.00 e. The molecule has 2 bridgehead atoms. The first-order valence-corrected chi connectivity index (χ1v) is 10.5. The number of esters is 1. The third-order valence-electron chi connectivity index (χ3n) is 6.58. The molecule has 0 aromatic carbocycles. The third-order valence-corrected chi connectivity index (χ3v) is 6.58. The normalized spacial score (nSPS) is 24.0. The highest BCUT2D eigenvalue weighted by molar-refractivity contribution is 5.85. The number of carbonyl (C=O) groups is 2. The molecule has 1 atom stereocenters. The molecule has 3 aliphatic heterocycles. The molecule has 10 nitrogen and oxygen atoms in total. The number of urea groups is 1. The van der Waals surface area contributed by atoms with Gasteiger partial charge in [0.05, 0.1) is 38.1 Å². The number of aliphatic hydroxyl groups is 1. The molecule has 11 heteroatoms. The zero-order valence-electron chi connectivity index (χ0n) is 17.6. The van der Waals surface area contributed by atoms with E-state index in [-0.39, 0.29) is 44.5 Å². The second-order valence-electron chi connectivity index (χ2n) is 8.33. The summed E-state index contributed by atoms with van der Waals surface area (Å²) in [5.41, 5.74) is -1.58. The first-order valence-electron chi connectivity index (χ1n) is 10.5. The molecule has 2 N–H and O–H groups in total. The Morgan fingerprint density at radius 3 is 2.33 bits per heavy atom. The number of hydrogen-bond acceptors (Lipinski definition) is 8. The number of carbonyl (C=O) groups excluding carboxylic acids is 2. The Kier molecular flexibility index (Phi) is 6.37. The van der Waals surface area contributed by atoms with Crippen LogP contribution in [0.1, 0.15) is 24.0 Å². The predicted octanol–water partition coefficient (Wildman–Crippen LogP) is -0.713. The van der Waals surface area contributed by atoms with Crippen LogP contribution in [0.15, 0.2) is 64.3 Å². The number of hydrogen-bond donors (Lipinski definition) is 2. The third kappa shape index (κ3) is 4.07. The van der Waals surface area contributed by atoms with E-state index in [2.05, 4.69) is 15.5 Å². The van der Waals surface area contributed by atoms with Crippen molar-refractivity contribution >= 4 is 17.8 Å². The maximum Gasteiger partial charge on any atom is 0.422 e. The number of nitrogens with one attached hydrogen (secondary N) is 1. The Hall–Kier alpha value is -3.02. The van der Waals surface area contributed by atoms with Crippen LogP contribution in [-0.4, -0.2) is 57.5 Å². The zero-order valence-corrected chi connectivity index (χ0v) is 19.2. The van der Waals surface area contributed by atoms with Gasteiger partial charge < -0.3 is 35.7 Å². The number of piperidine rings is 3. The maximum absolute atomic E-state index is 13.3. The van der Waals surface area contributed by atoms with Crippen LogP contribution in [0.3, 0.4) is 0 Å². The summed E-state index contributed by atoms with van der Waals surface area (Å²) >= 11 is 0. The van der Waals surface area contributed by atoms with Crippen molar-refractivity contribution in [2.24, 2.45) is 5.92 Å². The van der Waals surface area contributed by atoms with Crippen molar-refractivity contribution in [2.75, 3.05) is 25.0 Å². The molecule has 3 fully saturated rings. The Morgan fingerprint density at radius 2 is 1.79 bits per heavy atom. The number of fused-ring (bicyclic) bond motifs is 3. The molecule has 0 spiro atoms. The molecule has 0 unspecified atom stereocenters. The lowest BCUT2D eigenvalue weighted by molar-refractivity contribution is -0.869.